The largest absolute Gasteiger partial charge is 0.330 e. The van der Waals surface area contributed by atoms with Crippen molar-refractivity contribution < 1.29 is 13.6 Å². The zero-order valence-electron chi connectivity index (χ0n) is 10.0. The average molecular weight is 241 g/mol. The number of hydrogen-bond donors (Lipinski definition) is 1. The van der Waals surface area contributed by atoms with Gasteiger partial charge in [0.05, 0.1) is 0 Å². The van der Waals surface area contributed by atoms with Crippen LogP contribution < -0.4 is 5.73 Å². The molecular weight excluding hydrogens is 224 g/mol. The molecule has 1 atom stereocenters. The van der Waals surface area contributed by atoms with Gasteiger partial charge in [-0.3, -0.25) is 4.79 Å². The fraction of sp³-hybridized carbons (Fsp3) is 0.462. The molecule has 0 saturated carbocycles. The molecule has 2 nitrogen and oxygen atoms in total. The Kier molecular flexibility index (Phi) is 4.75. The molecule has 0 saturated heterocycles. The molecule has 0 spiro atoms. The topological polar surface area (TPSA) is 43.1 Å². The molecule has 1 aromatic carbocycles. The summed E-state index contributed by atoms with van der Waals surface area (Å²) >= 11 is 0. The van der Waals surface area contributed by atoms with E-state index in [-0.39, 0.29) is 30.6 Å². The Balaban J connectivity index is 2.80. The van der Waals surface area contributed by atoms with Crippen LogP contribution >= 0.6 is 0 Å². The normalized spacial score (nSPS) is 12.8. The predicted molar refractivity (Wildman–Crippen MR) is 62.5 cm³/mol. The first-order chi connectivity index (χ1) is 7.93. The van der Waals surface area contributed by atoms with Gasteiger partial charge in [0.15, 0.2) is 0 Å². The van der Waals surface area contributed by atoms with Crippen LogP contribution in [0.1, 0.15) is 19.4 Å². The van der Waals surface area contributed by atoms with Crippen molar-refractivity contribution in [2.75, 3.05) is 6.54 Å². The van der Waals surface area contributed by atoms with Crippen LogP contribution in [0.2, 0.25) is 0 Å². The van der Waals surface area contributed by atoms with Gasteiger partial charge in [0.25, 0.3) is 0 Å². The van der Waals surface area contributed by atoms with E-state index in [4.69, 9.17) is 5.73 Å². The standard InChI is InChI=1S/C13H17F2NO/c1-8(2)12(7-16)13(17)5-9-3-10(14)6-11(15)4-9/h3-4,6,8,12H,5,7,16H2,1-2H3. The van der Waals surface area contributed by atoms with E-state index in [9.17, 15) is 13.6 Å². The lowest BCUT2D eigenvalue weighted by molar-refractivity contribution is -0.123. The highest BCUT2D eigenvalue weighted by Gasteiger charge is 2.20. The van der Waals surface area contributed by atoms with Crippen molar-refractivity contribution in [3.05, 3.63) is 35.4 Å². The highest BCUT2D eigenvalue weighted by atomic mass is 19.1. The summed E-state index contributed by atoms with van der Waals surface area (Å²) in [5.74, 6) is -1.54. The fourth-order valence-corrected chi connectivity index (χ4v) is 1.82. The number of benzene rings is 1. The molecule has 0 aromatic heterocycles. The van der Waals surface area contributed by atoms with Crippen LogP contribution in [0.15, 0.2) is 18.2 Å². The Morgan fingerprint density at radius 2 is 1.76 bits per heavy atom. The summed E-state index contributed by atoms with van der Waals surface area (Å²) in [7, 11) is 0. The van der Waals surface area contributed by atoms with Crippen molar-refractivity contribution in [3.8, 4) is 0 Å². The molecule has 0 fully saturated rings. The number of hydrogen-bond acceptors (Lipinski definition) is 2. The Labute approximate surface area is 99.8 Å². The van der Waals surface area contributed by atoms with Crippen LogP contribution in [0.3, 0.4) is 0 Å². The monoisotopic (exact) mass is 241 g/mol. The number of ketones is 1. The zero-order valence-corrected chi connectivity index (χ0v) is 10.0. The minimum Gasteiger partial charge on any atom is -0.330 e. The molecule has 0 aliphatic heterocycles. The maximum Gasteiger partial charge on any atom is 0.141 e. The molecule has 4 heteroatoms. The summed E-state index contributed by atoms with van der Waals surface area (Å²) in [5.41, 5.74) is 5.87. The van der Waals surface area contributed by atoms with Crippen molar-refractivity contribution in [1.29, 1.82) is 0 Å². The van der Waals surface area contributed by atoms with Crippen molar-refractivity contribution in [1.82, 2.24) is 0 Å². The van der Waals surface area contributed by atoms with Crippen molar-refractivity contribution in [2.45, 2.75) is 20.3 Å². The average Bonchev–Trinajstić information content (AvgIpc) is 2.15. The first-order valence-electron chi connectivity index (χ1n) is 5.61. The van der Waals surface area contributed by atoms with Gasteiger partial charge in [-0.1, -0.05) is 13.8 Å². The van der Waals surface area contributed by atoms with E-state index in [1.807, 2.05) is 13.8 Å². The molecule has 1 aromatic rings. The summed E-state index contributed by atoms with van der Waals surface area (Å²) in [4.78, 5) is 11.9. The molecule has 2 N–H and O–H groups in total. The lowest BCUT2D eigenvalue weighted by atomic mass is 9.88. The van der Waals surface area contributed by atoms with E-state index in [2.05, 4.69) is 0 Å². The van der Waals surface area contributed by atoms with Crippen LogP contribution in [-0.2, 0) is 11.2 Å². The number of rotatable bonds is 5. The molecule has 1 unspecified atom stereocenters. The summed E-state index contributed by atoms with van der Waals surface area (Å²) in [5, 5.41) is 0. The molecule has 94 valence electrons. The highest BCUT2D eigenvalue weighted by Crippen LogP contribution is 2.15. The zero-order chi connectivity index (χ0) is 13.0. The Morgan fingerprint density at radius 1 is 1.24 bits per heavy atom. The van der Waals surface area contributed by atoms with Crippen molar-refractivity contribution in [2.24, 2.45) is 17.6 Å². The molecule has 0 aliphatic carbocycles. The third-order valence-electron chi connectivity index (χ3n) is 2.77. The fourth-order valence-electron chi connectivity index (χ4n) is 1.82. The van der Waals surface area contributed by atoms with Crippen LogP contribution in [0, 0.1) is 23.5 Å². The molecule has 17 heavy (non-hydrogen) atoms. The number of carbonyl (C=O) groups excluding carboxylic acids is 1. The van der Waals surface area contributed by atoms with Crippen LogP contribution in [0.4, 0.5) is 8.78 Å². The van der Waals surface area contributed by atoms with Gasteiger partial charge in [-0.2, -0.15) is 0 Å². The Morgan fingerprint density at radius 3 is 2.18 bits per heavy atom. The van der Waals surface area contributed by atoms with E-state index in [1.165, 1.54) is 12.1 Å². The lowest BCUT2D eigenvalue weighted by Crippen LogP contribution is -2.29. The van der Waals surface area contributed by atoms with Gasteiger partial charge in [0, 0.05) is 24.9 Å². The molecule has 1 rings (SSSR count). The Bertz CT molecular complexity index is 384. The first-order valence-corrected chi connectivity index (χ1v) is 5.61. The molecular formula is C13H17F2NO. The predicted octanol–water partition coefficient (Wildman–Crippen LogP) is 2.31. The molecule has 0 bridgehead atoms. The summed E-state index contributed by atoms with van der Waals surface area (Å²) in [6.07, 6.45) is 0.0225. The van der Waals surface area contributed by atoms with E-state index in [0.29, 0.717) is 5.56 Å². The van der Waals surface area contributed by atoms with Gasteiger partial charge in [-0.25, -0.2) is 8.78 Å². The van der Waals surface area contributed by atoms with Gasteiger partial charge in [-0.05, 0) is 23.6 Å². The van der Waals surface area contributed by atoms with E-state index >= 15 is 0 Å². The first kappa shape index (κ1) is 13.8. The number of nitrogens with two attached hydrogens (primary N) is 1. The van der Waals surface area contributed by atoms with E-state index in [1.54, 1.807) is 0 Å². The van der Waals surface area contributed by atoms with E-state index < -0.39 is 11.6 Å². The number of halogens is 2. The molecule has 0 heterocycles. The van der Waals surface area contributed by atoms with Crippen molar-refractivity contribution >= 4 is 5.78 Å². The highest BCUT2D eigenvalue weighted by molar-refractivity contribution is 5.83. The minimum absolute atomic E-state index is 0.0225. The maximum atomic E-state index is 12.9. The summed E-state index contributed by atoms with van der Waals surface area (Å²) in [6.45, 7) is 4.07. The second-order valence-electron chi connectivity index (χ2n) is 4.51. The molecule has 0 radical (unpaired) electrons. The third-order valence-corrected chi connectivity index (χ3v) is 2.77. The van der Waals surface area contributed by atoms with Gasteiger partial charge >= 0.3 is 0 Å². The molecule has 0 aliphatic rings. The summed E-state index contributed by atoms with van der Waals surface area (Å²) < 4.78 is 25.9. The third kappa shape index (κ3) is 3.89. The second-order valence-corrected chi connectivity index (χ2v) is 4.51. The maximum absolute atomic E-state index is 12.9. The SMILES string of the molecule is CC(C)C(CN)C(=O)Cc1cc(F)cc(F)c1. The van der Waals surface area contributed by atoms with Gasteiger partial charge in [-0.15, -0.1) is 0 Å². The van der Waals surface area contributed by atoms with E-state index in [0.717, 1.165) is 6.07 Å². The Hall–Kier alpha value is -1.29. The van der Waals surface area contributed by atoms with Crippen LogP contribution in [0.5, 0.6) is 0 Å². The number of carbonyl (C=O) groups is 1. The van der Waals surface area contributed by atoms with Crippen LogP contribution in [-0.4, -0.2) is 12.3 Å². The van der Waals surface area contributed by atoms with Gasteiger partial charge in [0.2, 0.25) is 0 Å². The smallest absolute Gasteiger partial charge is 0.141 e. The number of Topliss-reactive ketones (excluding diaryl/α,β-unsaturated/α-hetero) is 1. The van der Waals surface area contributed by atoms with Crippen LogP contribution in [0.25, 0.3) is 0 Å². The second kappa shape index (κ2) is 5.87. The van der Waals surface area contributed by atoms with Gasteiger partial charge in [0.1, 0.15) is 17.4 Å². The lowest BCUT2D eigenvalue weighted by Gasteiger charge is -2.17. The summed E-state index contributed by atoms with van der Waals surface area (Å²) in [6, 6.07) is 3.14. The van der Waals surface area contributed by atoms with Gasteiger partial charge < -0.3 is 5.73 Å². The molecule has 0 amide bonds. The van der Waals surface area contributed by atoms with Crippen molar-refractivity contribution in [3.63, 3.8) is 0 Å². The minimum atomic E-state index is -0.665. The quantitative estimate of drug-likeness (QED) is 0.859.